The highest BCUT2D eigenvalue weighted by Crippen LogP contribution is 2.54. The molecule has 3 N–H and O–H groups in total. The molecule has 3 aliphatic rings. The Balaban J connectivity index is 1.61. The van der Waals surface area contributed by atoms with Gasteiger partial charge in [0, 0.05) is 35.0 Å². The molecule has 0 saturated carbocycles. The van der Waals surface area contributed by atoms with Crippen molar-refractivity contribution < 1.29 is 23.9 Å². The predicted octanol–water partition coefficient (Wildman–Crippen LogP) is 4.76. The van der Waals surface area contributed by atoms with Crippen molar-refractivity contribution in [2.45, 2.75) is 52.7 Å². The Kier molecular flexibility index (Phi) is 7.06. The number of rotatable bonds is 2. The van der Waals surface area contributed by atoms with E-state index >= 15 is 0 Å². The Morgan fingerprint density at radius 2 is 1.85 bits per heavy atom. The van der Waals surface area contributed by atoms with Gasteiger partial charge in [0.1, 0.15) is 17.3 Å². The van der Waals surface area contributed by atoms with E-state index in [1.165, 1.54) is 18.2 Å². The summed E-state index contributed by atoms with van der Waals surface area (Å²) in [5.74, 6) is -2.69. The first-order valence-electron chi connectivity index (χ1n) is 13.6. The third-order valence-corrected chi connectivity index (χ3v) is 8.95. The van der Waals surface area contributed by atoms with Crippen LogP contribution < -0.4 is 5.32 Å². The van der Waals surface area contributed by atoms with Gasteiger partial charge in [0.05, 0.1) is 0 Å². The van der Waals surface area contributed by atoms with Crippen LogP contribution in [0.2, 0.25) is 0 Å². The first-order valence-corrected chi connectivity index (χ1v) is 13.6. The van der Waals surface area contributed by atoms with Crippen LogP contribution in [-0.4, -0.2) is 39.7 Å². The zero-order chi connectivity index (χ0) is 28.1. The lowest BCUT2D eigenvalue weighted by atomic mass is 9.55. The number of aliphatic hydroxyl groups is 1. The van der Waals surface area contributed by atoms with Gasteiger partial charge in [0.15, 0.2) is 11.6 Å². The third kappa shape index (κ3) is 4.52. The second kappa shape index (κ2) is 10.2. The van der Waals surface area contributed by atoms with Crippen LogP contribution in [0.4, 0.5) is 4.39 Å². The van der Waals surface area contributed by atoms with E-state index in [2.05, 4.69) is 10.3 Å². The number of aromatic amines is 1. The highest BCUT2D eigenvalue weighted by Gasteiger charge is 2.64. The predicted molar refractivity (Wildman–Crippen MR) is 148 cm³/mol. The molecule has 2 aliphatic carbocycles. The quantitative estimate of drug-likeness (QED) is 0.385. The monoisotopic (exact) mass is 530 g/mol. The highest BCUT2D eigenvalue weighted by molar-refractivity contribution is 6.15. The van der Waals surface area contributed by atoms with Crippen molar-refractivity contribution in [3.63, 3.8) is 0 Å². The molecule has 0 radical (unpaired) electrons. The van der Waals surface area contributed by atoms with Gasteiger partial charge in [-0.25, -0.2) is 4.39 Å². The Hall–Kier alpha value is -3.58. The van der Waals surface area contributed by atoms with Gasteiger partial charge in [0.25, 0.3) is 0 Å². The zero-order valence-corrected chi connectivity index (χ0v) is 22.7. The van der Waals surface area contributed by atoms with Crippen molar-refractivity contribution in [2.75, 3.05) is 0 Å². The maximum Gasteiger partial charge on any atom is 0.235 e. The summed E-state index contributed by atoms with van der Waals surface area (Å²) < 4.78 is 14.1. The van der Waals surface area contributed by atoms with E-state index in [0.717, 1.165) is 28.1 Å². The summed E-state index contributed by atoms with van der Waals surface area (Å²) in [6.07, 6.45) is 11.6. The number of fused-ring (bicyclic) bond motifs is 1. The summed E-state index contributed by atoms with van der Waals surface area (Å²) in [5, 5.41) is 14.4. The molecule has 1 spiro atoms. The van der Waals surface area contributed by atoms with Crippen LogP contribution in [0.3, 0.4) is 0 Å². The average molecular weight is 531 g/mol. The fourth-order valence-corrected chi connectivity index (χ4v) is 6.85. The molecule has 7 heteroatoms. The third-order valence-electron chi connectivity index (χ3n) is 8.95. The molecule has 1 aromatic carbocycles. The number of carbonyl (C=O) groups excluding carboxylic acids is 3. The molecule has 39 heavy (non-hydrogen) atoms. The maximum absolute atomic E-state index is 14.1. The standard InChI is InChI=1S/C32H35FN2O4/c1-17-6-5-7-22-13-18(2)20(4)29-26(14-21-16-34-25-9-8-23(33)15-24(21)25)35-31(39)32(22,29)28(37)11-10-27(36)30(38)19(3)12-17/h5,7-13,15-17,20,22,26,29-30,34,38H,6,14H2,1-4H3,(H,35,39)/b7-5+,11-10+,19-12+/t17-,20+,22-,26-,29-,30+,32+/m0/s1. The van der Waals surface area contributed by atoms with Gasteiger partial charge >= 0.3 is 0 Å². The lowest BCUT2D eigenvalue weighted by Crippen LogP contribution is -2.51. The number of nitrogens with one attached hydrogen (secondary N) is 2. The van der Waals surface area contributed by atoms with Crippen LogP contribution in [0.1, 0.15) is 39.7 Å². The number of halogens is 1. The van der Waals surface area contributed by atoms with Gasteiger partial charge in [-0.1, -0.05) is 43.7 Å². The maximum atomic E-state index is 14.1. The van der Waals surface area contributed by atoms with E-state index < -0.39 is 34.9 Å². The fraction of sp³-hybridized carbons (Fsp3) is 0.406. The zero-order valence-electron chi connectivity index (χ0n) is 22.7. The molecule has 7 atom stereocenters. The molecule has 204 valence electrons. The second-order valence-electron chi connectivity index (χ2n) is 11.5. The molecular weight excluding hydrogens is 495 g/mol. The summed E-state index contributed by atoms with van der Waals surface area (Å²) in [4.78, 5) is 44.0. The van der Waals surface area contributed by atoms with E-state index in [0.29, 0.717) is 18.4 Å². The van der Waals surface area contributed by atoms with Gasteiger partial charge < -0.3 is 15.4 Å². The van der Waals surface area contributed by atoms with E-state index in [9.17, 15) is 23.9 Å². The Morgan fingerprint density at radius 3 is 2.62 bits per heavy atom. The number of hydrogen-bond donors (Lipinski definition) is 3. The van der Waals surface area contributed by atoms with Gasteiger partial charge in [-0.05, 0) is 80.0 Å². The SMILES string of the molecule is CC1=C[C@@H]2/C=C/C[C@H](C)/C=C(\C)[C@@H](O)C(=O)/C=C/C(=O)[C@]23C(=O)N[C@@H](Cc2c[nH]c4ccc(F)cc24)[C@@H]3[C@@H]1C. The fourth-order valence-electron chi connectivity index (χ4n) is 6.85. The molecular formula is C32H35FN2O4. The van der Waals surface area contributed by atoms with E-state index in [1.807, 2.05) is 51.3 Å². The molecule has 2 heterocycles. The van der Waals surface area contributed by atoms with Crippen molar-refractivity contribution >= 4 is 28.4 Å². The molecule has 1 amide bonds. The number of benzene rings is 1. The van der Waals surface area contributed by atoms with E-state index in [1.54, 1.807) is 13.0 Å². The van der Waals surface area contributed by atoms with Crippen molar-refractivity contribution in [2.24, 2.45) is 29.1 Å². The smallest absolute Gasteiger partial charge is 0.235 e. The topological polar surface area (TPSA) is 99.3 Å². The molecule has 0 bridgehead atoms. The average Bonchev–Trinajstić information content (AvgIpc) is 3.42. The van der Waals surface area contributed by atoms with Crippen molar-refractivity contribution in [1.82, 2.24) is 10.3 Å². The Bertz CT molecular complexity index is 1460. The normalized spacial score (nSPS) is 36.4. The van der Waals surface area contributed by atoms with Crippen LogP contribution in [0, 0.1) is 34.9 Å². The Labute approximate surface area is 227 Å². The van der Waals surface area contributed by atoms with Gasteiger partial charge in [0.2, 0.25) is 5.91 Å². The lowest BCUT2D eigenvalue weighted by molar-refractivity contribution is -0.142. The number of amides is 1. The largest absolute Gasteiger partial charge is 0.381 e. The van der Waals surface area contributed by atoms with Gasteiger partial charge in [-0.2, -0.15) is 0 Å². The molecule has 5 rings (SSSR count). The number of carbonyl (C=O) groups is 3. The van der Waals surface area contributed by atoms with Crippen LogP contribution in [-0.2, 0) is 20.8 Å². The van der Waals surface area contributed by atoms with Crippen LogP contribution in [0.15, 0.2) is 72.0 Å². The van der Waals surface area contributed by atoms with Crippen LogP contribution in [0.5, 0.6) is 0 Å². The second-order valence-corrected chi connectivity index (χ2v) is 11.5. The minimum Gasteiger partial charge on any atom is -0.381 e. The summed E-state index contributed by atoms with van der Waals surface area (Å²) in [6.45, 7) is 7.75. The summed E-state index contributed by atoms with van der Waals surface area (Å²) in [7, 11) is 0. The van der Waals surface area contributed by atoms with Gasteiger partial charge in [-0.3, -0.25) is 14.4 Å². The highest BCUT2D eigenvalue weighted by atomic mass is 19.1. The molecule has 1 saturated heterocycles. The molecule has 1 aliphatic heterocycles. The number of aromatic nitrogens is 1. The van der Waals surface area contributed by atoms with Gasteiger partial charge in [-0.15, -0.1) is 0 Å². The van der Waals surface area contributed by atoms with Crippen molar-refractivity contribution in [3.05, 3.63) is 83.4 Å². The van der Waals surface area contributed by atoms with Crippen molar-refractivity contribution in [3.8, 4) is 0 Å². The number of hydrogen-bond acceptors (Lipinski definition) is 4. The van der Waals surface area contributed by atoms with Crippen molar-refractivity contribution in [1.29, 1.82) is 0 Å². The number of aliphatic hydroxyl groups excluding tert-OH is 1. The molecule has 1 fully saturated rings. The molecule has 1 aromatic heterocycles. The first kappa shape index (κ1) is 27.0. The first-order chi connectivity index (χ1) is 18.5. The Morgan fingerprint density at radius 1 is 1.08 bits per heavy atom. The summed E-state index contributed by atoms with van der Waals surface area (Å²) in [6, 6.07) is 4.19. The van der Waals surface area contributed by atoms with Crippen LogP contribution in [0.25, 0.3) is 10.9 Å². The van der Waals surface area contributed by atoms with E-state index in [-0.39, 0.29) is 29.6 Å². The molecule has 0 unspecified atom stereocenters. The molecule has 2 aromatic rings. The minimum absolute atomic E-state index is 0.0518. The van der Waals surface area contributed by atoms with Crippen LogP contribution >= 0.6 is 0 Å². The summed E-state index contributed by atoms with van der Waals surface area (Å²) >= 11 is 0. The number of allylic oxidation sites excluding steroid dienone is 6. The number of H-pyrrole nitrogens is 1. The number of ketones is 2. The minimum atomic E-state index is -1.45. The van der Waals surface area contributed by atoms with E-state index in [4.69, 9.17) is 0 Å². The summed E-state index contributed by atoms with van der Waals surface area (Å²) in [5.41, 5.74) is 1.84. The molecule has 6 nitrogen and oxygen atoms in total. The lowest BCUT2D eigenvalue weighted by Gasteiger charge is -2.44.